The average molecular weight is 360 g/mol. The molecular formula is C20H22F2N2O2. The molecular weight excluding hydrogens is 338 g/mol. The number of aromatic nitrogens is 1. The van der Waals surface area contributed by atoms with Gasteiger partial charge in [-0.15, -0.1) is 0 Å². The van der Waals surface area contributed by atoms with E-state index in [-0.39, 0.29) is 5.91 Å². The minimum absolute atomic E-state index is 0.318. The van der Waals surface area contributed by atoms with Crippen LogP contribution in [-0.4, -0.2) is 37.1 Å². The number of hydrogen-bond acceptors (Lipinski definition) is 3. The lowest BCUT2D eigenvalue weighted by Gasteiger charge is -2.36. The van der Waals surface area contributed by atoms with Crippen molar-refractivity contribution in [1.82, 2.24) is 10.3 Å². The van der Waals surface area contributed by atoms with Crippen molar-refractivity contribution in [3.05, 3.63) is 54.4 Å². The fourth-order valence-electron chi connectivity index (χ4n) is 3.45. The number of benzene rings is 1. The van der Waals surface area contributed by atoms with Crippen molar-refractivity contribution in [2.75, 3.05) is 19.8 Å². The zero-order valence-corrected chi connectivity index (χ0v) is 14.5. The first-order chi connectivity index (χ1) is 12.6. The van der Waals surface area contributed by atoms with Gasteiger partial charge in [0.1, 0.15) is 0 Å². The Hall–Kier alpha value is -2.34. The highest BCUT2D eigenvalue weighted by Crippen LogP contribution is 2.37. The first kappa shape index (κ1) is 18.5. The van der Waals surface area contributed by atoms with Crippen LogP contribution >= 0.6 is 0 Å². The number of pyridine rings is 1. The summed E-state index contributed by atoms with van der Waals surface area (Å²) in [4.78, 5) is 16.9. The average Bonchev–Trinajstić information content (AvgIpc) is 2.68. The Bertz CT molecular complexity index is 732. The molecule has 1 aromatic carbocycles. The zero-order valence-electron chi connectivity index (χ0n) is 14.5. The fourth-order valence-corrected chi connectivity index (χ4v) is 3.45. The summed E-state index contributed by atoms with van der Waals surface area (Å²) < 4.78 is 30.5. The predicted molar refractivity (Wildman–Crippen MR) is 94.9 cm³/mol. The van der Waals surface area contributed by atoms with Gasteiger partial charge in [-0.05, 0) is 36.5 Å². The molecule has 2 heterocycles. The Morgan fingerprint density at radius 3 is 2.65 bits per heavy atom. The summed E-state index contributed by atoms with van der Waals surface area (Å²) in [5.74, 6) is -0.318. The van der Waals surface area contributed by atoms with Crippen LogP contribution in [0.1, 0.15) is 18.4 Å². The van der Waals surface area contributed by atoms with Gasteiger partial charge in [0.2, 0.25) is 5.91 Å². The molecule has 1 saturated heterocycles. The van der Waals surface area contributed by atoms with E-state index in [0.717, 1.165) is 16.7 Å². The molecule has 6 heteroatoms. The van der Waals surface area contributed by atoms with Crippen LogP contribution in [-0.2, 0) is 16.0 Å². The molecule has 0 bridgehead atoms. The summed E-state index contributed by atoms with van der Waals surface area (Å²) >= 11 is 0. The Morgan fingerprint density at radius 1 is 1.19 bits per heavy atom. The van der Waals surface area contributed by atoms with Crippen LogP contribution in [0, 0.1) is 5.41 Å². The van der Waals surface area contributed by atoms with E-state index in [1.54, 1.807) is 12.4 Å². The summed E-state index contributed by atoms with van der Waals surface area (Å²) in [6, 6.07) is 11.7. The van der Waals surface area contributed by atoms with Crippen LogP contribution in [0.15, 0.2) is 48.8 Å². The summed E-state index contributed by atoms with van der Waals surface area (Å²) in [5, 5.41) is 2.42. The van der Waals surface area contributed by atoms with E-state index in [9.17, 15) is 13.6 Å². The van der Waals surface area contributed by atoms with Crippen molar-refractivity contribution >= 4 is 5.91 Å². The molecule has 1 aliphatic rings. The maximum atomic E-state index is 12.8. The van der Waals surface area contributed by atoms with E-state index in [1.807, 2.05) is 36.4 Å². The molecule has 0 atom stereocenters. The fraction of sp³-hybridized carbons (Fsp3) is 0.400. The highest BCUT2D eigenvalue weighted by Gasteiger charge is 2.40. The molecule has 0 saturated carbocycles. The number of rotatable bonds is 6. The van der Waals surface area contributed by atoms with Crippen LogP contribution in [0.5, 0.6) is 0 Å². The molecule has 4 nitrogen and oxygen atoms in total. The topological polar surface area (TPSA) is 51.2 Å². The second kappa shape index (κ2) is 8.36. The number of nitrogens with zero attached hydrogens (tertiary/aromatic N) is 1. The van der Waals surface area contributed by atoms with Gasteiger partial charge in [0.05, 0.1) is 12.0 Å². The maximum Gasteiger partial charge on any atom is 0.255 e. The summed E-state index contributed by atoms with van der Waals surface area (Å²) in [6.45, 7) is 0.292. The van der Waals surface area contributed by atoms with Gasteiger partial charge in [0.15, 0.2) is 0 Å². The number of carbonyl (C=O) groups is 1. The van der Waals surface area contributed by atoms with E-state index >= 15 is 0 Å². The van der Waals surface area contributed by atoms with Gasteiger partial charge < -0.3 is 10.1 Å². The van der Waals surface area contributed by atoms with Gasteiger partial charge in [-0.1, -0.05) is 30.3 Å². The minimum atomic E-state index is -2.56. The third-order valence-electron chi connectivity index (χ3n) is 4.87. The summed E-state index contributed by atoms with van der Waals surface area (Å²) in [6.07, 6.45) is 2.46. The second-order valence-corrected chi connectivity index (χ2v) is 6.57. The maximum absolute atomic E-state index is 12.8. The first-order valence-electron chi connectivity index (χ1n) is 8.73. The number of nitrogens with one attached hydrogen (secondary N) is 1. The minimum Gasteiger partial charge on any atom is -0.381 e. The van der Waals surface area contributed by atoms with Gasteiger partial charge in [0.25, 0.3) is 6.43 Å². The van der Waals surface area contributed by atoms with E-state index in [2.05, 4.69) is 10.3 Å². The lowest BCUT2D eigenvalue weighted by molar-refractivity contribution is -0.137. The van der Waals surface area contributed by atoms with Crippen LogP contribution in [0.4, 0.5) is 8.78 Å². The normalized spacial score (nSPS) is 16.4. The van der Waals surface area contributed by atoms with Crippen molar-refractivity contribution in [3.63, 3.8) is 0 Å². The molecule has 138 valence electrons. The largest absolute Gasteiger partial charge is 0.381 e. The van der Waals surface area contributed by atoms with Gasteiger partial charge >= 0.3 is 0 Å². The van der Waals surface area contributed by atoms with Crippen molar-refractivity contribution in [2.45, 2.75) is 25.7 Å². The van der Waals surface area contributed by atoms with Gasteiger partial charge in [-0.2, -0.15) is 0 Å². The van der Waals surface area contributed by atoms with E-state index in [1.165, 1.54) is 0 Å². The highest BCUT2D eigenvalue weighted by molar-refractivity contribution is 5.83. The molecule has 1 amide bonds. The van der Waals surface area contributed by atoms with E-state index in [4.69, 9.17) is 4.74 Å². The molecule has 1 aliphatic heterocycles. The van der Waals surface area contributed by atoms with Crippen molar-refractivity contribution in [1.29, 1.82) is 0 Å². The molecule has 2 aromatic rings. The summed E-state index contributed by atoms with van der Waals surface area (Å²) in [5.41, 5.74) is 2.26. The monoisotopic (exact) mass is 360 g/mol. The lowest BCUT2D eigenvalue weighted by atomic mass is 9.73. The zero-order chi connectivity index (χ0) is 18.4. The molecule has 1 aromatic heterocycles. The molecule has 0 unspecified atom stereocenters. The number of carbonyl (C=O) groups excluding carboxylic acids is 1. The van der Waals surface area contributed by atoms with Gasteiger partial charge in [-0.3, -0.25) is 9.78 Å². The number of alkyl halides is 2. The Morgan fingerprint density at radius 2 is 1.96 bits per heavy atom. The van der Waals surface area contributed by atoms with Crippen LogP contribution < -0.4 is 5.32 Å². The second-order valence-electron chi connectivity index (χ2n) is 6.57. The van der Waals surface area contributed by atoms with Crippen molar-refractivity contribution in [2.24, 2.45) is 5.41 Å². The Kier molecular flexibility index (Phi) is 5.93. The molecule has 1 fully saturated rings. The quantitative estimate of drug-likeness (QED) is 0.858. The number of hydrogen-bond donors (Lipinski definition) is 1. The van der Waals surface area contributed by atoms with Crippen LogP contribution in [0.25, 0.3) is 11.1 Å². The third-order valence-corrected chi connectivity index (χ3v) is 4.87. The van der Waals surface area contributed by atoms with E-state index < -0.39 is 18.4 Å². The Balaban J connectivity index is 1.89. The highest BCUT2D eigenvalue weighted by atomic mass is 19.3. The molecule has 0 radical (unpaired) electrons. The smallest absolute Gasteiger partial charge is 0.255 e. The standard InChI is InChI=1S/C20H22F2N2O2/c21-18(22)14-24-19(25)20(7-10-26-11-8-20)12-15-4-1-2-6-17(15)16-5-3-9-23-13-16/h1-6,9,13,18H,7-8,10-12,14H2,(H,24,25). The van der Waals surface area contributed by atoms with E-state index in [0.29, 0.717) is 32.5 Å². The number of halogens is 2. The predicted octanol–water partition coefficient (Wildman–Crippen LogP) is 3.47. The lowest BCUT2D eigenvalue weighted by Crippen LogP contribution is -2.47. The third kappa shape index (κ3) is 4.25. The van der Waals surface area contributed by atoms with Crippen LogP contribution in [0.2, 0.25) is 0 Å². The molecule has 26 heavy (non-hydrogen) atoms. The molecule has 0 spiro atoms. The first-order valence-corrected chi connectivity index (χ1v) is 8.73. The number of amides is 1. The number of ether oxygens (including phenoxy) is 1. The Labute approximate surface area is 151 Å². The SMILES string of the molecule is O=C(NCC(F)F)C1(Cc2ccccc2-c2cccnc2)CCOCC1. The van der Waals surface area contributed by atoms with Crippen LogP contribution in [0.3, 0.4) is 0 Å². The van der Waals surface area contributed by atoms with Gasteiger partial charge in [0, 0.05) is 31.2 Å². The van der Waals surface area contributed by atoms with Gasteiger partial charge in [-0.25, -0.2) is 8.78 Å². The van der Waals surface area contributed by atoms with Crippen molar-refractivity contribution < 1.29 is 18.3 Å². The molecule has 3 rings (SSSR count). The molecule has 1 N–H and O–H groups in total. The van der Waals surface area contributed by atoms with Crippen molar-refractivity contribution in [3.8, 4) is 11.1 Å². The summed E-state index contributed by atoms with van der Waals surface area (Å²) in [7, 11) is 0. The molecule has 0 aliphatic carbocycles.